The van der Waals surface area contributed by atoms with E-state index in [9.17, 15) is 9.59 Å². The zero-order valence-electron chi connectivity index (χ0n) is 16.5. The number of hydrogen-bond donors (Lipinski definition) is 1. The van der Waals surface area contributed by atoms with Crippen molar-refractivity contribution in [3.63, 3.8) is 0 Å². The van der Waals surface area contributed by atoms with E-state index in [1.807, 2.05) is 59.3 Å². The first-order valence-corrected chi connectivity index (χ1v) is 11.1. The molecule has 0 radical (unpaired) electrons. The summed E-state index contributed by atoms with van der Waals surface area (Å²) in [7, 11) is 0. The molecule has 1 aliphatic carbocycles. The minimum Gasteiger partial charge on any atom is -0.349 e. The van der Waals surface area contributed by atoms with Crippen LogP contribution in [-0.2, 0) is 29.0 Å². The number of rotatable bonds is 5. The van der Waals surface area contributed by atoms with E-state index in [-0.39, 0.29) is 18.4 Å². The topological polar surface area (TPSA) is 67.2 Å². The van der Waals surface area contributed by atoms with E-state index in [1.54, 1.807) is 4.90 Å². The maximum atomic E-state index is 12.7. The molecule has 6 nitrogen and oxygen atoms in total. The number of nitrogens with zero attached hydrogens (tertiary/aromatic N) is 3. The van der Waals surface area contributed by atoms with Gasteiger partial charge >= 0.3 is 0 Å². The molecule has 1 aromatic heterocycles. The first-order valence-electron chi connectivity index (χ1n) is 10.1. The normalized spacial score (nSPS) is 15.1. The van der Waals surface area contributed by atoms with E-state index in [4.69, 9.17) is 5.10 Å². The van der Waals surface area contributed by atoms with Gasteiger partial charge in [0.1, 0.15) is 6.54 Å². The lowest BCUT2D eigenvalue weighted by molar-refractivity contribution is -0.123. The summed E-state index contributed by atoms with van der Waals surface area (Å²) < 4.78 is 2.01. The summed E-state index contributed by atoms with van der Waals surface area (Å²) in [6, 6.07) is 17.8. The van der Waals surface area contributed by atoms with E-state index in [0.29, 0.717) is 12.3 Å². The zero-order valence-corrected chi connectivity index (χ0v) is 17.3. The van der Waals surface area contributed by atoms with Crippen LogP contribution in [-0.4, -0.2) is 33.9 Å². The summed E-state index contributed by atoms with van der Waals surface area (Å²) in [4.78, 5) is 27.7. The largest absolute Gasteiger partial charge is 0.349 e. The third kappa shape index (κ3) is 3.50. The van der Waals surface area contributed by atoms with Crippen LogP contribution in [0.2, 0.25) is 0 Å². The fourth-order valence-electron chi connectivity index (χ4n) is 4.15. The molecular weight excluding hydrogens is 396 g/mol. The summed E-state index contributed by atoms with van der Waals surface area (Å²) in [6.45, 7) is 0.400. The zero-order chi connectivity index (χ0) is 20.5. The van der Waals surface area contributed by atoms with Gasteiger partial charge in [0.05, 0.1) is 29.4 Å². The summed E-state index contributed by atoms with van der Waals surface area (Å²) in [5, 5.41) is 7.77. The van der Waals surface area contributed by atoms with Crippen molar-refractivity contribution < 1.29 is 9.59 Å². The highest BCUT2D eigenvalue weighted by Gasteiger charge is 2.27. The van der Waals surface area contributed by atoms with E-state index >= 15 is 0 Å². The van der Waals surface area contributed by atoms with Gasteiger partial charge in [0.15, 0.2) is 0 Å². The number of anilines is 1. The molecular formula is C23H22N4O2S. The van der Waals surface area contributed by atoms with Gasteiger partial charge in [-0.15, -0.1) is 11.8 Å². The highest BCUT2D eigenvalue weighted by molar-refractivity contribution is 8.00. The summed E-state index contributed by atoms with van der Waals surface area (Å²) in [6.07, 6.45) is 3.10. The van der Waals surface area contributed by atoms with Crippen molar-refractivity contribution >= 4 is 29.3 Å². The van der Waals surface area contributed by atoms with Crippen LogP contribution < -0.4 is 10.2 Å². The molecule has 2 amide bonds. The number of carbonyl (C=O) groups is 2. The monoisotopic (exact) mass is 418 g/mol. The van der Waals surface area contributed by atoms with Gasteiger partial charge in [-0.05, 0) is 49.1 Å². The van der Waals surface area contributed by atoms with Crippen LogP contribution >= 0.6 is 11.8 Å². The molecule has 2 aliphatic rings. The Balaban J connectivity index is 1.31. The minimum absolute atomic E-state index is 0.0258. The Morgan fingerprint density at radius 2 is 1.87 bits per heavy atom. The van der Waals surface area contributed by atoms with E-state index in [0.717, 1.165) is 41.2 Å². The third-order valence-electron chi connectivity index (χ3n) is 5.58. The Hall–Kier alpha value is -3.06. The van der Waals surface area contributed by atoms with Crippen LogP contribution in [0.5, 0.6) is 0 Å². The summed E-state index contributed by atoms with van der Waals surface area (Å²) >= 11 is 1.52. The molecule has 7 heteroatoms. The Labute approximate surface area is 179 Å². The lowest BCUT2D eigenvalue weighted by Crippen LogP contribution is -2.43. The second-order valence-corrected chi connectivity index (χ2v) is 8.50. The van der Waals surface area contributed by atoms with Crippen LogP contribution in [0.1, 0.15) is 23.4 Å². The number of carbonyl (C=O) groups excluding carboxylic acids is 2. The average molecular weight is 419 g/mol. The lowest BCUT2D eigenvalue weighted by Gasteiger charge is -2.28. The number of thioether (sulfide) groups is 1. The van der Waals surface area contributed by atoms with Crippen molar-refractivity contribution in [2.75, 3.05) is 17.2 Å². The second-order valence-electron chi connectivity index (χ2n) is 7.49. The van der Waals surface area contributed by atoms with Crippen molar-refractivity contribution in [3.05, 3.63) is 71.5 Å². The van der Waals surface area contributed by atoms with Gasteiger partial charge < -0.3 is 10.2 Å². The number of fused-ring (bicyclic) bond motifs is 2. The van der Waals surface area contributed by atoms with Gasteiger partial charge in [0.25, 0.3) is 0 Å². The number of nitrogens with one attached hydrogen (secondary N) is 1. The smallest absolute Gasteiger partial charge is 0.240 e. The number of aromatic nitrogens is 2. The molecule has 0 atom stereocenters. The van der Waals surface area contributed by atoms with Crippen LogP contribution in [0.4, 0.5) is 5.69 Å². The van der Waals surface area contributed by atoms with Crippen molar-refractivity contribution in [2.45, 2.75) is 30.7 Å². The number of benzene rings is 2. The molecule has 5 rings (SSSR count). The lowest BCUT2D eigenvalue weighted by atomic mass is 10.2. The molecule has 1 N–H and O–H groups in total. The molecule has 2 aromatic carbocycles. The van der Waals surface area contributed by atoms with E-state index < -0.39 is 0 Å². The maximum absolute atomic E-state index is 12.7. The van der Waals surface area contributed by atoms with E-state index in [2.05, 4.69) is 5.32 Å². The molecule has 0 unspecified atom stereocenters. The average Bonchev–Trinajstić information content (AvgIpc) is 3.38. The molecule has 0 fully saturated rings. The molecule has 2 heterocycles. The van der Waals surface area contributed by atoms with Crippen LogP contribution in [0.15, 0.2) is 59.5 Å². The Kier molecular flexibility index (Phi) is 5.04. The molecule has 1 aliphatic heterocycles. The van der Waals surface area contributed by atoms with Gasteiger partial charge in [-0.1, -0.05) is 30.3 Å². The van der Waals surface area contributed by atoms with Crippen molar-refractivity contribution in [1.82, 2.24) is 15.1 Å². The fourth-order valence-corrected chi connectivity index (χ4v) is 5.08. The fraction of sp³-hybridized carbons (Fsp3) is 0.261. The maximum Gasteiger partial charge on any atom is 0.240 e. The minimum atomic E-state index is -0.175. The third-order valence-corrected chi connectivity index (χ3v) is 6.62. The highest BCUT2D eigenvalue weighted by Crippen LogP contribution is 2.34. The summed E-state index contributed by atoms with van der Waals surface area (Å²) in [5.74, 6) is 0.147. The first-order chi connectivity index (χ1) is 14.7. The SMILES string of the molecule is O=C(CN1C(=O)CSc2ccccc21)NCc1nn(-c2ccccc2)c2c1CCC2. The predicted octanol–water partition coefficient (Wildman–Crippen LogP) is 3.12. The number of amides is 2. The molecule has 0 spiro atoms. The number of para-hydroxylation sites is 2. The van der Waals surface area contributed by atoms with Crippen molar-refractivity contribution in [2.24, 2.45) is 0 Å². The van der Waals surface area contributed by atoms with Crippen molar-refractivity contribution in [1.29, 1.82) is 0 Å². The van der Waals surface area contributed by atoms with Gasteiger partial charge in [-0.3, -0.25) is 9.59 Å². The van der Waals surface area contributed by atoms with Gasteiger partial charge in [-0.2, -0.15) is 5.10 Å². The molecule has 0 saturated carbocycles. The molecule has 3 aromatic rings. The molecule has 30 heavy (non-hydrogen) atoms. The first kappa shape index (κ1) is 18.9. The Bertz CT molecular complexity index is 1110. The van der Waals surface area contributed by atoms with Crippen LogP contribution in [0.25, 0.3) is 5.69 Å². The van der Waals surface area contributed by atoms with Gasteiger partial charge in [0.2, 0.25) is 11.8 Å². The molecule has 0 bridgehead atoms. The van der Waals surface area contributed by atoms with Gasteiger partial charge in [0, 0.05) is 10.6 Å². The standard InChI is InChI=1S/C23H22N4O2S/c28-22(14-26-20-10-4-5-12-21(20)30-15-23(26)29)24-13-18-17-9-6-11-19(17)27(25-18)16-7-2-1-3-8-16/h1-5,7-8,10,12H,6,9,11,13-15H2,(H,24,28). The summed E-state index contributed by atoms with van der Waals surface area (Å²) in [5.41, 5.74) is 5.25. The quantitative estimate of drug-likeness (QED) is 0.691. The highest BCUT2D eigenvalue weighted by atomic mass is 32.2. The predicted molar refractivity (Wildman–Crippen MR) is 117 cm³/mol. The van der Waals surface area contributed by atoms with E-state index in [1.165, 1.54) is 23.0 Å². The van der Waals surface area contributed by atoms with Crippen LogP contribution in [0, 0.1) is 0 Å². The van der Waals surface area contributed by atoms with Gasteiger partial charge in [-0.25, -0.2) is 4.68 Å². The van der Waals surface area contributed by atoms with Crippen LogP contribution in [0.3, 0.4) is 0 Å². The molecule has 0 saturated heterocycles. The second kappa shape index (κ2) is 7.99. The Morgan fingerprint density at radius 3 is 2.73 bits per heavy atom. The Morgan fingerprint density at radius 1 is 1.07 bits per heavy atom. The number of hydrogen-bond acceptors (Lipinski definition) is 4. The molecule has 152 valence electrons. The van der Waals surface area contributed by atoms with Crippen molar-refractivity contribution in [3.8, 4) is 5.69 Å².